The summed E-state index contributed by atoms with van der Waals surface area (Å²) in [6.07, 6.45) is 11.2. The van der Waals surface area contributed by atoms with Crippen LogP contribution in [0, 0.1) is 5.82 Å². The summed E-state index contributed by atoms with van der Waals surface area (Å²) in [5.41, 5.74) is 5.12. The summed E-state index contributed by atoms with van der Waals surface area (Å²) in [7, 11) is 1.91. The van der Waals surface area contributed by atoms with Crippen molar-refractivity contribution >= 4 is 17.3 Å². The minimum absolute atomic E-state index is 0.0928. The smallest absolute Gasteiger partial charge is 0.225 e. The van der Waals surface area contributed by atoms with Crippen LogP contribution in [0.4, 0.5) is 16.2 Å². The number of piperazine rings is 1. The van der Waals surface area contributed by atoms with Gasteiger partial charge in [-0.25, -0.2) is 23.9 Å². The first-order valence-corrected chi connectivity index (χ1v) is 11.9. The highest BCUT2D eigenvalue weighted by Crippen LogP contribution is 2.28. The van der Waals surface area contributed by atoms with Gasteiger partial charge in [-0.2, -0.15) is 10.2 Å². The maximum absolute atomic E-state index is 13.3. The van der Waals surface area contributed by atoms with E-state index in [4.69, 9.17) is 0 Å². The molecular weight excluding hydrogens is 457 g/mol. The van der Waals surface area contributed by atoms with Gasteiger partial charge in [-0.05, 0) is 29.3 Å². The lowest BCUT2D eigenvalue weighted by molar-refractivity contribution is 0.626. The van der Waals surface area contributed by atoms with Crippen LogP contribution in [0.1, 0.15) is 24.0 Å². The molecule has 0 amide bonds. The number of hydrogen-bond donors (Lipinski definition) is 0. The molecule has 5 heterocycles. The molecule has 0 saturated carbocycles. The summed E-state index contributed by atoms with van der Waals surface area (Å²) in [5, 5.41) is 8.68. The molecular formula is C26H26FN9. The predicted molar refractivity (Wildman–Crippen MR) is 136 cm³/mol. The molecule has 0 bridgehead atoms. The van der Waals surface area contributed by atoms with Gasteiger partial charge in [0.1, 0.15) is 17.7 Å². The number of aryl methyl sites for hydroxylation is 1. The van der Waals surface area contributed by atoms with Crippen molar-refractivity contribution in [3.8, 4) is 11.1 Å². The third-order valence-electron chi connectivity index (χ3n) is 6.81. The molecule has 0 aliphatic carbocycles. The van der Waals surface area contributed by atoms with Crippen molar-refractivity contribution in [2.24, 2.45) is 7.05 Å². The zero-order valence-electron chi connectivity index (χ0n) is 20.2. The van der Waals surface area contributed by atoms with Gasteiger partial charge in [0, 0.05) is 75.1 Å². The van der Waals surface area contributed by atoms with Crippen molar-refractivity contribution < 1.29 is 4.39 Å². The Kier molecular flexibility index (Phi) is 5.55. The van der Waals surface area contributed by atoms with E-state index in [2.05, 4.69) is 47.9 Å². The number of fused-ring (bicyclic) bond motifs is 1. The third kappa shape index (κ3) is 4.15. The van der Waals surface area contributed by atoms with Gasteiger partial charge in [0.05, 0.1) is 6.20 Å². The van der Waals surface area contributed by atoms with Gasteiger partial charge in [0.2, 0.25) is 5.95 Å². The molecule has 1 saturated heterocycles. The fourth-order valence-corrected chi connectivity index (χ4v) is 4.67. The van der Waals surface area contributed by atoms with E-state index in [1.807, 2.05) is 54.7 Å². The zero-order valence-corrected chi connectivity index (χ0v) is 20.2. The van der Waals surface area contributed by atoms with Gasteiger partial charge in [-0.3, -0.25) is 4.68 Å². The van der Waals surface area contributed by atoms with E-state index in [0.717, 1.165) is 65.7 Å². The number of rotatable bonds is 5. The lowest BCUT2D eigenvalue weighted by Gasteiger charge is -2.35. The number of halogens is 1. The fourth-order valence-electron chi connectivity index (χ4n) is 4.67. The zero-order chi connectivity index (χ0) is 24.6. The van der Waals surface area contributed by atoms with Gasteiger partial charge in [-0.15, -0.1) is 0 Å². The average molecular weight is 484 g/mol. The lowest BCUT2D eigenvalue weighted by atomic mass is 9.95. The molecule has 1 unspecified atom stereocenters. The Balaban J connectivity index is 1.15. The molecule has 0 N–H and O–H groups in total. The highest BCUT2D eigenvalue weighted by atomic mass is 19.1. The second kappa shape index (κ2) is 9.03. The summed E-state index contributed by atoms with van der Waals surface area (Å²) >= 11 is 0. The summed E-state index contributed by atoms with van der Waals surface area (Å²) in [4.78, 5) is 18.4. The number of anilines is 2. The molecule has 0 radical (unpaired) electrons. The predicted octanol–water partition coefficient (Wildman–Crippen LogP) is 3.54. The maximum Gasteiger partial charge on any atom is 0.225 e. The van der Waals surface area contributed by atoms with E-state index in [1.54, 1.807) is 11.0 Å². The summed E-state index contributed by atoms with van der Waals surface area (Å²) < 4.78 is 16.9. The van der Waals surface area contributed by atoms with Gasteiger partial charge in [0.25, 0.3) is 0 Å². The largest absolute Gasteiger partial charge is 0.351 e. The highest BCUT2D eigenvalue weighted by Gasteiger charge is 2.23. The van der Waals surface area contributed by atoms with Gasteiger partial charge in [0.15, 0.2) is 5.82 Å². The Morgan fingerprint density at radius 1 is 0.806 bits per heavy atom. The quantitative estimate of drug-likeness (QED) is 0.378. The maximum atomic E-state index is 13.3. The van der Waals surface area contributed by atoms with Crippen LogP contribution in [-0.4, -0.2) is 60.5 Å². The Labute approximate surface area is 207 Å². The average Bonchev–Trinajstić information content (AvgIpc) is 3.55. The number of benzene rings is 1. The van der Waals surface area contributed by atoms with Crippen LogP contribution in [0.5, 0.6) is 0 Å². The van der Waals surface area contributed by atoms with E-state index in [9.17, 15) is 4.39 Å². The summed E-state index contributed by atoms with van der Waals surface area (Å²) in [6, 6.07) is 8.70. The Morgan fingerprint density at radius 2 is 1.53 bits per heavy atom. The van der Waals surface area contributed by atoms with Crippen molar-refractivity contribution in [3.63, 3.8) is 0 Å². The second-order valence-corrected chi connectivity index (χ2v) is 9.11. The molecule has 36 heavy (non-hydrogen) atoms. The Bertz CT molecular complexity index is 1480. The molecule has 0 spiro atoms. The normalized spacial score (nSPS) is 15.0. The minimum Gasteiger partial charge on any atom is -0.351 e. The summed E-state index contributed by atoms with van der Waals surface area (Å²) in [5.74, 6) is 1.50. The first-order chi connectivity index (χ1) is 17.5. The van der Waals surface area contributed by atoms with Crippen LogP contribution in [0.2, 0.25) is 0 Å². The molecule has 182 valence electrons. The van der Waals surface area contributed by atoms with Crippen molar-refractivity contribution in [1.82, 2.24) is 34.3 Å². The van der Waals surface area contributed by atoms with E-state index >= 15 is 0 Å². The molecule has 4 aromatic heterocycles. The molecule has 5 aromatic rings. The SMILES string of the molecule is CC(c1ccc(F)cc1)c1cnc(N2CCN(c3ncnn4cc(-c5cnn(C)c5)cc34)CC2)nc1. The lowest BCUT2D eigenvalue weighted by Crippen LogP contribution is -2.47. The van der Waals surface area contributed by atoms with E-state index < -0.39 is 0 Å². The van der Waals surface area contributed by atoms with Crippen LogP contribution in [0.3, 0.4) is 0 Å². The first-order valence-electron chi connectivity index (χ1n) is 11.9. The van der Waals surface area contributed by atoms with Crippen molar-refractivity contribution in [2.45, 2.75) is 12.8 Å². The van der Waals surface area contributed by atoms with E-state index in [-0.39, 0.29) is 11.7 Å². The molecule has 9 nitrogen and oxygen atoms in total. The molecule has 1 aromatic carbocycles. The topological polar surface area (TPSA) is 80.3 Å². The van der Waals surface area contributed by atoms with E-state index in [1.165, 1.54) is 12.1 Å². The number of hydrogen-bond acceptors (Lipinski definition) is 7. The first kappa shape index (κ1) is 22.1. The Hall–Kier alpha value is -4.34. The summed E-state index contributed by atoms with van der Waals surface area (Å²) in [6.45, 7) is 5.26. The van der Waals surface area contributed by atoms with Crippen LogP contribution >= 0.6 is 0 Å². The highest BCUT2D eigenvalue weighted by molar-refractivity contribution is 5.77. The van der Waals surface area contributed by atoms with Crippen LogP contribution in [0.15, 0.2) is 67.6 Å². The molecule has 10 heteroatoms. The fraction of sp³-hybridized carbons (Fsp3) is 0.269. The van der Waals surface area contributed by atoms with E-state index in [0.29, 0.717) is 0 Å². The van der Waals surface area contributed by atoms with Crippen molar-refractivity contribution in [1.29, 1.82) is 0 Å². The molecule has 6 rings (SSSR count). The minimum atomic E-state index is -0.231. The molecule has 1 aliphatic heterocycles. The monoisotopic (exact) mass is 483 g/mol. The molecule has 1 fully saturated rings. The van der Waals surface area contributed by atoms with Crippen LogP contribution in [0.25, 0.3) is 16.6 Å². The van der Waals surface area contributed by atoms with Gasteiger partial charge >= 0.3 is 0 Å². The number of nitrogens with zero attached hydrogens (tertiary/aromatic N) is 9. The third-order valence-corrected chi connectivity index (χ3v) is 6.81. The van der Waals surface area contributed by atoms with Crippen molar-refractivity contribution in [2.75, 3.05) is 36.0 Å². The Morgan fingerprint density at radius 3 is 2.22 bits per heavy atom. The van der Waals surface area contributed by atoms with Crippen LogP contribution in [-0.2, 0) is 7.05 Å². The molecule has 1 atom stereocenters. The number of aromatic nitrogens is 7. The standard InChI is InChI=1S/C26H26FN9/c1-18(19-3-5-23(27)6-4-19)21-12-28-26(29-13-21)35-9-7-34(8-10-35)25-24-11-20(16-36(24)32-17-30-25)22-14-31-33(2)15-22/h3-6,11-18H,7-10H2,1-2H3. The van der Waals surface area contributed by atoms with Crippen molar-refractivity contribution in [3.05, 3.63) is 84.6 Å². The van der Waals surface area contributed by atoms with Gasteiger partial charge < -0.3 is 9.80 Å². The van der Waals surface area contributed by atoms with Gasteiger partial charge in [-0.1, -0.05) is 19.1 Å². The second-order valence-electron chi connectivity index (χ2n) is 9.11. The molecule has 1 aliphatic rings. The van der Waals surface area contributed by atoms with Crippen LogP contribution < -0.4 is 9.80 Å².